The van der Waals surface area contributed by atoms with Crippen molar-refractivity contribution in [2.24, 2.45) is 0 Å². The molecule has 3 aromatic heterocycles. The quantitative estimate of drug-likeness (QED) is 0.195. The van der Waals surface area contributed by atoms with E-state index in [0.29, 0.717) is 30.3 Å². The maximum Gasteiger partial charge on any atom is 0.439 e. The van der Waals surface area contributed by atoms with Gasteiger partial charge in [0.1, 0.15) is 5.82 Å². The van der Waals surface area contributed by atoms with Gasteiger partial charge in [-0.2, -0.15) is 10.1 Å². The maximum absolute atomic E-state index is 14.5. The molecule has 3 heterocycles. The Hall–Kier alpha value is -4.35. The van der Waals surface area contributed by atoms with Crippen molar-refractivity contribution in [3.05, 3.63) is 92.1 Å². The van der Waals surface area contributed by atoms with Crippen molar-refractivity contribution < 1.29 is 14.4 Å². The average Bonchev–Trinajstić information content (AvgIpc) is 3.64. The number of rotatable bonds is 10. The molecular formula is C36H44N6O5. The highest BCUT2D eigenvalue weighted by atomic mass is 16.5. The van der Waals surface area contributed by atoms with E-state index in [1.807, 2.05) is 71.5 Å². The molecule has 0 spiro atoms. The van der Waals surface area contributed by atoms with Gasteiger partial charge in [-0.1, -0.05) is 67.0 Å². The highest BCUT2D eigenvalue weighted by Crippen LogP contribution is 2.39. The molecule has 2 aromatic carbocycles. The number of fused-ring (bicyclic) bond motifs is 1. The van der Waals surface area contributed by atoms with E-state index >= 15 is 0 Å². The first-order valence-electron chi connectivity index (χ1n) is 16.5. The largest absolute Gasteiger partial charge is 0.439 e. The molecule has 1 unspecified atom stereocenters. The number of nitrogens with one attached hydrogen (secondary N) is 1. The van der Waals surface area contributed by atoms with E-state index < -0.39 is 11.4 Å². The Morgan fingerprint density at radius 1 is 1.11 bits per heavy atom. The van der Waals surface area contributed by atoms with Gasteiger partial charge in [0.05, 0.1) is 23.0 Å². The average molecular weight is 641 g/mol. The fourth-order valence-electron chi connectivity index (χ4n) is 6.68. The maximum atomic E-state index is 14.5. The van der Waals surface area contributed by atoms with E-state index in [2.05, 4.69) is 24.0 Å². The third kappa shape index (κ3) is 6.59. The molecule has 0 saturated heterocycles. The fraction of sp³-hybridized carbons (Fsp3) is 0.472. The lowest BCUT2D eigenvalue weighted by Crippen LogP contribution is -2.45. The van der Waals surface area contributed by atoms with E-state index in [1.54, 1.807) is 13.8 Å². The molecule has 11 heteroatoms. The van der Waals surface area contributed by atoms with Crippen LogP contribution in [0.25, 0.3) is 28.3 Å². The Morgan fingerprint density at radius 2 is 1.79 bits per heavy atom. The van der Waals surface area contributed by atoms with Crippen LogP contribution in [0.4, 0.5) is 0 Å². The second-order valence-electron chi connectivity index (χ2n) is 13.7. The Labute approximate surface area is 273 Å². The molecule has 47 heavy (non-hydrogen) atoms. The smallest absolute Gasteiger partial charge is 0.388 e. The summed E-state index contributed by atoms with van der Waals surface area (Å²) < 4.78 is 14.9. The molecule has 1 atom stereocenters. The summed E-state index contributed by atoms with van der Waals surface area (Å²) in [5, 5.41) is 19.1. The van der Waals surface area contributed by atoms with E-state index in [9.17, 15) is 14.7 Å². The van der Waals surface area contributed by atoms with E-state index in [4.69, 9.17) is 19.3 Å². The van der Waals surface area contributed by atoms with Gasteiger partial charge in [-0.3, -0.25) is 18.9 Å². The predicted molar refractivity (Wildman–Crippen MR) is 180 cm³/mol. The molecule has 248 valence electrons. The summed E-state index contributed by atoms with van der Waals surface area (Å²) in [5.74, 6) is 0.996. The normalized spacial score (nSPS) is 19.3. The van der Waals surface area contributed by atoms with Crippen LogP contribution in [0.5, 0.6) is 0 Å². The minimum atomic E-state index is -0.940. The van der Waals surface area contributed by atoms with Crippen molar-refractivity contribution >= 4 is 5.78 Å². The summed E-state index contributed by atoms with van der Waals surface area (Å²) in [4.78, 5) is 33.5. The number of hydrogen-bond donors (Lipinski definition) is 2. The zero-order valence-electron chi connectivity index (χ0n) is 28.0. The lowest BCUT2D eigenvalue weighted by molar-refractivity contribution is -0.163. The molecule has 0 bridgehead atoms. The fourth-order valence-corrected chi connectivity index (χ4v) is 6.68. The Bertz CT molecular complexity index is 1990. The second kappa shape index (κ2) is 12.7. The minimum Gasteiger partial charge on any atom is -0.388 e. The van der Waals surface area contributed by atoms with Crippen molar-refractivity contribution in [3.63, 3.8) is 0 Å². The molecule has 5 aromatic rings. The molecule has 1 fully saturated rings. The number of aromatic amines is 1. The highest BCUT2D eigenvalue weighted by Gasteiger charge is 2.38. The van der Waals surface area contributed by atoms with Crippen LogP contribution < -0.4 is 11.3 Å². The number of aromatic nitrogens is 6. The Kier molecular flexibility index (Phi) is 8.80. The van der Waals surface area contributed by atoms with E-state index in [1.165, 1.54) is 0 Å². The summed E-state index contributed by atoms with van der Waals surface area (Å²) in [6, 6.07) is 15.8. The van der Waals surface area contributed by atoms with Crippen molar-refractivity contribution in [3.8, 4) is 22.5 Å². The summed E-state index contributed by atoms with van der Waals surface area (Å²) >= 11 is 0. The van der Waals surface area contributed by atoms with Crippen LogP contribution in [0.15, 0.2) is 62.6 Å². The van der Waals surface area contributed by atoms with Crippen LogP contribution in [-0.4, -0.2) is 51.7 Å². The first-order chi connectivity index (χ1) is 22.4. The molecule has 1 saturated carbocycles. The molecule has 0 radical (unpaired) electrons. The van der Waals surface area contributed by atoms with Crippen molar-refractivity contribution in [2.75, 3.05) is 0 Å². The van der Waals surface area contributed by atoms with Gasteiger partial charge in [0, 0.05) is 23.6 Å². The van der Waals surface area contributed by atoms with Crippen molar-refractivity contribution in [1.29, 1.82) is 0 Å². The number of ether oxygens (including phenoxy) is 1. The number of aliphatic hydroxyl groups is 1. The number of hydrogen-bond acceptors (Lipinski definition) is 8. The van der Waals surface area contributed by atoms with Crippen LogP contribution in [0.3, 0.4) is 0 Å². The minimum absolute atomic E-state index is 0.0165. The Morgan fingerprint density at radius 3 is 2.40 bits per heavy atom. The zero-order chi connectivity index (χ0) is 33.5. The lowest BCUT2D eigenvalue weighted by atomic mass is 9.82. The first kappa shape index (κ1) is 32.6. The summed E-state index contributed by atoms with van der Waals surface area (Å²) in [6.45, 7) is 11.5. The van der Waals surface area contributed by atoms with Gasteiger partial charge in [-0.25, -0.2) is 9.31 Å². The third-order valence-corrected chi connectivity index (χ3v) is 9.58. The van der Waals surface area contributed by atoms with Crippen molar-refractivity contribution in [1.82, 2.24) is 29.3 Å². The van der Waals surface area contributed by atoms with Gasteiger partial charge >= 0.3 is 5.76 Å². The molecule has 1 aliphatic carbocycles. The Balaban J connectivity index is 1.33. The van der Waals surface area contributed by atoms with Gasteiger partial charge in [0.15, 0.2) is 5.82 Å². The van der Waals surface area contributed by atoms with Crippen LogP contribution in [0.1, 0.15) is 95.4 Å². The summed E-state index contributed by atoms with van der Waals surface area (Å²) in [6.07, 6.45) is 4.76. The van der Waals surface area contributed by atoms with Crippen LogP contribution in [0, 0.1) is 6.92 Å². The number of benzene rings is 2. The summed E-state index contributed by atoms with van der Waals surface area (Å²) in [5.41, 5.74) is 3.92. The van der Waals surface area contributed by atoms with Crippen LogP contribution >= 0.6 is 0 Å². The third-order valence-electron chi connectivity index (χ3n) is 9.58. The van der Waals surface area contributed by atoms with Gasteiger partial charge < -0.3 is 9.84 Å². The SMILES string of the molecule is CCCc1c(Cc2ccc(-c3ccccc3-c3noc(=O)[nH]3)cc2)c(=O)n(C2CCC(C)(OC(C)C(C)(C)O)CC2)c2nc(C)nn12. The van der Waals surface area contributed by atoms with E-state index in [0.717, 1.165) is 65.6 Å². The number of aryl methyl sites for hydroxylation is 2. The zero-order valence-corrected chi connectivity index (χ0v) is 28.0. The predicted octanol–water partition coefficient (Wildman–Crippen LogP) is 5.80. The molecule has 11 nitrogen and oxygen atoms in total. The van der Waals surface area contributed by atoms with Crippen molar-refractivity contribution in [2.45, 2.75) is 110 Å². The monoisotopic (exact) mass is 640 g/mol. The van der Waals surface area contributed by atoms with Gasteiger partial charge in [0.25, 0.3) is 5.56 Å². The second-order valence-corrected chi connectivity index (χ2v) is 13.7. The highest BCUT2D eigenvalue weighted by molar-refractivity contribution is 5.80. The summed E-state index contributed by atoms with van der Waals surface area (Å²) in [7, 11) is 0. The topological polar surface area (TPSA) is 141 Å². The molecule has 0 aliphatic heterocycles. The lowest BCUT2D eigenvalue weighted by Gasteiger charge is -2.42. The number of H-pyrrole nitrogens is 1. The van der Waals surface area contributed by atoms with Crippen LogP contribution in [0.2, 0.25) is 0 Å². The molecular weight excluding hydrogens is 596 g/mol. The van der Waals surface area contributed by atoms with Gasteiger partial charge in [-0.05, 0) is 83.4 Å². The number of nitrogens with zero attached hydrogens (tertiary/aromatic N) is 5. The van der Waals surface area contributed by atoms with Crippen LogP contribution in [-0.2, 0) is 17.6 Å². The van der Waals surface area contributed by atoms with Gasteiger partial charge in [0.2, 0.25) is 5.78 Å². The van der Waals surface area contributed by atoms with Gasteiger partial charge in [-0.15, -0.1) is 0 Å². The molecule has 1 aliphatic rings. The molecule has 6 rings (SSSR count). The standard InChI is InChI=1S/C36H44N6O5/c1-7-10-30-29(21-24-13-15-25(16-14-24)27-11-8-9-12-28(27)31-38-34(44)47-40-31)32(43)41(33-37-23(3)39-42(30)33)26-17-19-36(6,20-18-26)46-22(2)35(4,5)45/h8-9,11-16,22,26,45H,7,10,17-21H2,1-6H3,(H,38,40,44). The molecule has 0 amide bonds. The molecule has 2 N–H and O–H groups in total. The first-order valence-corrected chi connectivity index (χ1v) is 16.5. The van der Waals surface area contributed by atoms with E-state index in [-0.39, 0.29) is 23.3 Å².